The molecular formula is C18H20ClFN2O2. The van der Waals surface area contributed by atoms with Crippen LogP contribution in [0.1, 0.15) is 18.5 Å². The van der Waals surface area contributed by atoms with Crippen molar-refractivity contribution in [1.29, 1.82) is 0 Å². The van der Waals surface area contributed by atoms with E-state index in [0.717, 1.165) is 18.7 Å². The lowest BCUT2D eigenvalue weighted by Crippen LogP contribution is -2.51. The van der Waals surface area contributed by atoms with Gasteiger partial charge in [0.05, 0.1) is 10.7 Å². The fraction of sp³-hybridized carbons (Fsp3) is 0.389. The Morgan fingerprint density at radius 1 is 1.25 bits per heavy atom. The van der Waals surface area contributed by atoms with Gasteiger partial charge in [0, 0.05) is 19.3 Å². The largest absolute Gasteiger partial charge is 0.491 e. The number of nitrogens with zero attached hydrogens (tertiary/aromatic N) is 2. The Morgan fingerprint density at radius 3 is 2.75 bits per heavy atom. The normalized spacial score (nSPS) is 21.6. The Labute approximate surface area is 145 Å². The van der Waals surface area contributed by atoms with Crippen molar-refractivity contribution in [3.63, 3.8) is 0 Å². The molecule has 2 aromatic rings. The van der Waals surface area contributed by atoms with E-state index < -0.39 is 5.60 Å². The van der Waals surface area contributed by atoms with Gasteiger partial charge >= 0.3 is 0 Å². The van der Waals surface area contributed by atoms with Crippen molar-refractivity contribution in [3.8, 4) is 5.75 Å². The van der Waals surface area contributed by atoms with E-state index in [0.29, 0.717) is 30.3 Å². The summed E-state index contributed by atoms with van der Waals surface area (Å²) in [6, 6.07) is 9.54. The van der Waals surface area contributed by atoms with E-state index in [4.69, 9.17) is 16.3 Å². The van der Waals surface area contributed by atoms with Crippen LogP contribution in [-0.4, -0.2) is 40.3 Å². The molecule has 0 aliphatic carbocycles. The Morgan fingerprint density at radius 2 is 2.04 bits per heavy atom. The van der Waals surface area contributed by atoms with Gasteiger partial charge in [0.15, 0.2) is 0 Å². The summed E-state index contributed by atoms with van der Waals surface area (Å²) in [7, 11) is 0. The van der Waals surface area contributed by atoms with Gasteiger partial charge in [-0.2, -0.15) is 0 Å². The summed E-state index contributed by atoms with van der Waals surface area (Å²) >= 11 is 5.85. The Bertz CT molecular complexity index is 666. The number of hydrogen-bond donors (Lipinski definition) is 1. The predicted molar refractivity (Wildman–Crippen MR) is 90.6 cm³/mol. The van der Waals surface area contributed by atoms with Crippen LogP contribution in [0.2, 0.25) is 5.02 Å². The molecule has 0 bridgehead atoms. The molecule has 0 saturated carbocycles. The lowest BCUT2D eigenvalue weighted by atomic mass is 9.93. The van der Waals surface area contributed by atoms with Crippen molar-refractivity contribution < 1.29 is 14.2 Å². The summed E-state index contributed by atoms with van der Waals surface area (Å²) in [4.78, 5) is 6.46. The third-order valence-corrected chi connectivity index (χ3v) is 4.35. The number of ether oxygens (including phenoxy) is 1. The van der Waals surface area contributed by atoms with Gasteiger partial charge in [0.25, 0.3) is 0 Å². The summed E-state index contributed by atoms with van der Waals surface area (Å²) in [6.45, 7) is 2.26. The topological polar surface area (TPSA) is 45.6 Å². The molecule has 2 heterocycles. The van der Waals surface area contributed by atoms with Crippen LogP contribution >= 0.6 is 11.6 Å². The molecule has 1 aromatic heterocycles. The number of benzene rings is 1. The van der Waals surface area contributed by atoms with Gasteiger partial charge in [-0.3, -0.25) is 9.88 Å². The first kappa shape index (κ1) is 17.1. The predicted octanol–water partition coefficient (Wildman–Crippen LogP) is 3.28. The number of likely N-dealkylation sites (tertiary alicyclic amines) is 1. The van der Waals surface area contributed by atoms with Crippen LogP contribution in [0.4, 0.5) is 4.39 Å². The minimum Gasteiger partial charge on any atom is -0.491 e. The molecule has 1 aliphatic rings. The second-order valence-corrected chi connectivity index (χ2v) is 6.69. The minimum absolute atomic E-state index is 0.184. The molecule has 3 rings (SSSR count). The average Bonchev–Trinajstić information content (AvgIpc) is 2.57. The lowest BCUT2D eigenvalue weighted by Gasteiger charge is -2.38. The fourth-order valence-corrected chi connectivity index (χ4v) is 3.05. The SMILES string of the molecule is OC1(COc2ccc(F)cc2)CCCN(Cc2ccc(Cl)cn2)C1. The van der Waals surface area contributed by atoms with E-state index in [9.17, 15) is 9.50 Å². The molecule has 1 saturated heterocycles. The number of hydrogen-bond acceptors (Lipinski definition) is 4. The molecule has 0 radical (unpaired) electrons. The first-order valence-corrected chi connectivity index (χ1v) is 8.34. The van der Waals surface area contributed by atoms with Crippen molar-refractivity contribution in [2.75, 3.05) is 19.7 Å². The van der Waals surface area contributed by atoms with Gasteiger partial charge in [-0.05, 0) is 55.8 Å². The molecule has 0 spiro atoms. The highest BCUT2D eigenvalue weighted by atomic mass is 35.5. The van der Waals surface area contributed by atoms with Gasteiger partial charge in [-0.15, -0.1) is 0 Å². The standard InChI is InChI=1S/C18H20ClFN2O2/c19-14-2-5-16(21-10-14)11-22-9-1-8-18(23,12-22)13-24-17-6-3-15(20)4-7-17/h2-7,10,23H,1,8-9,11-13H2. The maximum Gasteiger partial charge on any atom is 0.123 e. The molecule has 1 aromatic carbocycles. The summed E-state index contributed by atoms with van der Waals surface area (Å²) in [6.07, 6.45) is 3.19. The smallest absolute Gasteiger partial charge is 0.123 e. The van der Waals surface area contributed by atoms with Crippen molar-refractivity contribution >= 4 is 11.6 Å². The fourth-order valence-electron chi connectivity index (χ4n) is 2.94. The van der Waals surface area contributed by atoms with E-state index in [-0.39, 0.29) is 12.4 Å². The number of β-amino-alcohol motifs (C(OH)–C–C–N with tert-alkyl or cyclic N) is 1. The second kappa shape index (κ2) is 7.47. The number of rotatable bonds is 5. The van der Waals surface area contributed by atoms with E-state index in [1.54, 1.807) is 18.3 Å². The first-order chi connectivity index (χ1) is 11.5. The first-order valence-electron chi connectivity index (χ1n) is 7.96. The Kier molecular flexibility index (Phi) is 5.33. The minimum atomic E-state index is -0.918. The van der Waals surface area contributed by atoms with E-state index in [1.165, 1.54) is 12.1 Å². The highest BCUT2D eigenvalue weighted by Gasteiger charge is 2.34. The lowest BCUT2D eigenvalue weighted by molar-refractivity contribution is -0.0623. The maximum atomic E-state index is 12.9. The maximum absolute atomic E-state index is 12.9. The zero-order valence-corrected chi connectivity index (χ0v) is 14.0. The van der Waals surface area contributed by atoms with Gasteiger partial charge in [0.1, 0.15) is 23.8 Å². The molecule has 1 N–H and O–H groups in total. The molecule has 4 nitrogen and oxygen atoms in total. The number of piperidine rings is 1. The highest BCUT2D eigenvalue weighted by Crippen LogP contribution is 2.24. The third kappa shape index (κ3) is 4.66. The molecule has 1 fully saturated rings. The van der Waals surface area contributed by atoms with Crippen LogP contribution in [0.5, 0.6) is 5.75 Å². The van der Waals surface area contributed by atoms with E-state index >= 15 is 0 Å². The summed E-state index contributed by atoms with van der Waals surface area (Å²) in [5.74, 6) is 0.252. The van der Waals surface area contributed by atoms with Crippen LogP contribution in [0.25, 0.3) is 0 Å². The average molecular weight is 351 g/mol. The molecule has 1 atom stereocenters. The van der Waals surface area contributed by atoms with Gasteiger partial charge < -0.3 is 9.84 Å². The zero-order valence-electron chi connectivity index (χ0n) is 13.3. The summed E-state index contributed by atoms with van der Waals surface area (Å²) in [5, 5.41) is 11.4. The number of halogens is 2. The van der Waals surface area contributed by atoms with Crippen molar-refractivity contribution in [2.45, 2.75) is 25.0 Å². The van der Waals surface area contributed by atoms with Crippen LogP contribution in [0.15, 0.2) is 42.6 Å². The van der Waals surface area contributed by atoms with E-state index in [2.05, 4.69) is 9.88 Å². The van der Waals surface area contributed by atoms with Crippen LogP contribution in [0.3, 0.4) is 0 Å². The van der Waals surface area contributed by atoms with Gasteiger partial charge in [0.2, 0.25) is 0 Å². The number of pyridine rings is 1. The molecule has 0 amide bonds. The van der Waals surface area contributed by atoms with Crippen molar-refractivity contribution in [3.05, 3.63) is 59.1 Å². The third-order valence-electron chi connectivity index (χ3n) is 4.13. The molecule has 24 heavy (non-hydrogen) atoms. The quantitative estimate of drug-likeness (QED) is 0.899. The number of aliphatic hydroxyl groups is 1. The second-order valence-electron chi connectivity index (χ2n) is 6.25. The van der Waals surface area contributed by atoms with Crippen molar-refractivity contribution in [1.82, 2.24) is 9.88 Å². The van der Waals surface area contributed by atoms with Crippen LogP contribution in [0, 0.1) is 5.82 Å². The summed E-state index contributed by atoms with van der Waals surface area (Å²) < 4.78 is 18.6. The molecular weight excluding hydrogens is 331 g/mol. The monoisotopic (exact) mass is 350 g/mol. The molecule has 128 valence electrons. The van der Waals surface area contributed by atoms with E-state index in [1.807, 2.05) is 12.1 Å². The van der Waals surface area contributed by atoms with Crippen LogP contribution < -0.4 is 4.74 Å². The van der Waals surface area contributed by atoms with Gasteiger partial charge in [-0.1, -0.05) is 11.6 Å². The van der Waals surface area contributed by atoms with Gasteiger partial charge in [-0.25, -0.2) is 4.39 Å². The van der Waals surface area contributed by atoms with Crippen LogP contribution in [-0.2, 0) is 6.54 Å². The number of aromatic nitrogens is 1. The molecule has 1 aliphatic heterocycles. The summed E-state index contributed by atoms with van der Waals surface area (Å²) in [5.41, 5.74) is 0.00194. The Balaban J connectivity index is 1.56. The zero-order chi connectivity index (χ0) is 17.0. The van der Waals surface area contributed by atoms with Crippen molar-refractivity contribution in [2.24, 2.45) is 0 Å². The Hall–Kier alpha value is -1.69. The molecule has 1 unspecified atom stereocenters. The molecule has 6 heteroatoms. The highest BCUT2D eigenvalue weighted by molar-refractivity contribution is 6.30.